The smallest absolute Gasteiger partial charge is 0.282 e. The van der Waals surface area contributed by atoms with E-state index in [0.717, 1.165) is 5.56 Å². The minimum Gasteiger partial charge on any atom is -0.289 e. The molecule has 3 rings (SSSR count). The fourth-order valence-electron chi connectivity index (χ4n) is 2.23. The van der Waals surface area contributed by atoms with E-state index in [-0.39, 0.29) is 16.4 Å². The Morgan fingerprint density at radius 2 is 1.50 bits per heavy atom. The van der Waals surface area contributed by atoms with Crippen molar-refractivity contribution in [1.29, 1.82) is 0 Å². The van der Waals surface area contributed by atoms with Crippen molar-refractivity contribution in [3.63, 3.8) is 0 Å². The van der Waals surface area contributed by atoms with Gasteiger partial charge in [-0.2, -0.15) is 12.8 Å². The third kappa shape index (κ3) is 2.63. The van der Waals surface area contributed by atoms with Gasteiger partial charge in [0.25, 0.3) is 10.0 Å². The summed E-state index contributed by atoms with van der Waals surface area (Å²) in [5.74, 6) is -0.151. The predicted molar refractivity (Wildman–Crippen MR) is 84.8 cm³/mol. The summed E-state index contributed by atoms with van der Waals surface area (Å²) in [7, 11) is -3.81. The van der Waals surface area contributed by atoms with Crippen LogP contribution in [0.5, 0.6) is 0 Å². The Morgan fingerprint density at radius 1 is 0.864 bits per heavy atom. The largest absolute Gasteiger partial charge is 0.289 e. The molecule has 0 saturated carbocycles. The molecule has 0 atom stereocenters. The summed E-state index contributed by atoms with van der Waals surface area (Å²) in [5.41, 5.74) is 2.24. The summed E-state index contributed by atoms with van der Waals surface area (Å²) in [6.07, 6.45) is 2.78. The van der Waals surface area contributed by atoms with Gasteiger partial charge in [0.1, 0.15) is 0 Å². The Bertz CT molecular complexity index is 907. The second-order valence-electron chi connectivity index (χ2n) is 5.01. The van der Waals surface area contributed by atoms with E-state index in [1.54, 1.807) is 36.4 Å². The number of fused-ring (bicyclic) bond motifs is 1. The lowest BCUT2D eigenvalue weighted by molar-refractivity contribution is 0.104. The number of allylic oxidation sites excluding steroid dienone is 2. The van der Waals surface area contributed by atoms with E-state index < -0.39 is 10.0 Å². The molecule has 0 unspecified atom stereocenters. The first-order valence-electron chi connectivity index (χ1n) is 6.71. The van der Waals surface area contributed by atoms with Gasteiger partial charge in [0, 0.05) is 11.1 Å². The lowest BCUT2D eigenvalue weighted by atomic mass is 9.95. The second kappa shape index (κ2) is 5.35. The van der Waals surface area contributed by atoms with Crippen LogP contribution in [-0.4, -0.2) is 19.9 Å². The van der Waals surface area contributed by atoms with Gasteiger partial charge in [0.05, 0.1) is 10.6 Å². The molecule has 0 bridgehead atoms. The van der Waals surface area contributed by atoms with Gasteiger partial charge in [0.2, 0.25) is 0 Å². The topological polar surface area (TPSA) is 63.6 Å². The molecule has 1 aliphatic rings. The van der Waals surface area contributed by atoms with E-state index in [1.165, 1.54) is 24.3 Å². The molecule has 22 heavy (non-hydrogen) atoms. The van der Waals surface area contributed by atoms with Crippen LogP contribution in [0.3, 0.4) is 0 Å². The molecule has 110 valence electrons. The van der Waals surface area contributed by atoms with E-state index >= 15 is 0 Å². The predicted octanol–water partition coefficient (Wildman–Crippen LogP) is 2.93. The van der Waals surface area contributed by atoms with Gasteiger partial charge in [-0.1, -0.05) is 42.0 Å². The zero-order valence-electron chi connectivity index (χ0n) is 11.9. The van der Waals surface area contributed by atoms with Crippen molar-refractivity contribution in [3.8, 4) is 0 Å². The highest BCUT2D eigenvalue weighted by Gasteiger charge is 2.20. The van der Waals surface area contributed by atoms with Crippen LogP contribution >= 0.6 is 0 Å². The lowest BCUT2D eigenvalue weighted by Gasteiger charge is -2.11. The highest BCUT2D eigenvalue weighted by atomic mass is 32.2. The van der Waals surface area contributed by atoms with Crippen molar-refractivity contribution in [3.05, 3.63) is 77.4 Å². The lowest BCUT2D eigenvalue weighted by Crippen LogP contribution is -2.14. The average molecular weight is 311 g/mol. The molecular weight excluding hydrogens is 298 g/mol. The van der Waals surface area contributed by atoms with Crippen LogP contribution in [0, 0.1) is 6.92 Å². The molecular formula is C17H13NO3S. The first-order valence-corrected chi connectivity index (χ1v) is 8.15. The fourth-order valence-corrected chi connectivity index (χ4v) is 3.23. The molecule has 0 amide bonds. The maximum atomic E-state index is 12.4. The van der Waals surface area contributed by atoms with Crippen LogP contribution in [0.25, 0.3) is 0 Å². The summed E-state index contributed by atoms with van der Waals surface area (Å²) in [6.45, 7) is 1.88. The minimum absolute atomic E-state index is 0.133. The maximum absolute atomic E-state index is 12.4. The van der Waals surface area contributed by atoms with Crippen LogP contribution < -0.4 is 0 Å². The number of rotatable bonds is 2. The molecule has 0 radical (unpaired) electrons. The number of benzene rings is 2. The summed E-state index contributed by atoms with van der Waals surface area (Å²) < 4.78 is 28.7. The number of carbonyl (C=O) groups excluding carboxylic acids is 1. The molecule has 0 heterocycles. The maximum Gasteiger partial charge on any atom is 0.282 e. The van der Waals surface area contributed by atoms with E-state index in [2.05, 4.69) is 4.40 Å². The molecule has 5 heteroatoms. The zero-order valence-corrected chi connectivity index (χ0v) is 12.7. The quantitative estimate of drug-likeness (QED) is 0.856. The number of hydrogen-bond donors (Lipinski definition) is 0. The van der Waals surface area contributed by atoms with Crippen LogP contribution in [-0.2, 0) is 10.0 Å². The third-order valence-electron chi connectivity index (χ3n) is 3.40. The van der Waals surface area contributed by atoms with Gasteiger partial charge in [-0.15, -0.1) is 0 Å². The second-order valence-corrected chi connectivity index (χ2v) is 6.61. The van der Waals surface area contributed by atoms with Crippen molar-refractivity contribution < 1.29 is 13.2 Å². The number of nitrogens with zero attached hydrogens (tertiary/aromatic N) is 1. The molecule has 0 fully saturated rings. The van der Waals surface area contributed by atoms with E-state index in [4.69, 9.17) is 0 Å². The van der Waals surface area contributed by atoms with Crippen LogP contribution in [0.4, 0.5) is 0 Å². The van der Waals surface area contributed by atoms with Crippen LogP contribution in [0.2, 0.25) is 0 Å². The molecule has 0 spiro atoms. The van der Waals surface area contributed by atoms with Crippen molar-refractivity contribution in [2.75, 3.05) is 0 Å². The van der Waals surface area contributed by atoms with E-state index in [0.29, 0.717) is 11.1 Å². The Kier molecular flexibility index (Phi) is 3.50. The van der Waals surface area contributed by atoms with Crippen LogP contribution in [0.1, 0.15) is 21.5 Å². The van der Waals surface area contributed by atoms with Crippen molar-refractivity contribution in [1.82, 2.24) is 0 Å². The van der Waals surface area contributed by atoms with Gasteiger partial charge >= 0.3 is 0 Å². The fraction of sp³-hybridized carbons (Fsp3) is 0.0588. The number of sulfonamides is 1. The van der Waals surface area contributed by atoms with Crippen molar-refractivity contribution in [2.24, 2.45) is 4.40 Å². The molecule has 1 aliphatic carbocycles. The Labute approximate surface area is 128 Å². The van der Waals surface area contributed by atoms with Gasteiger partial charge < -0.3 is 0 Å². The normalized spacial score (nSPS) is 15.9. The third-order valence-corrected chi connectivity index (χ3v) is 4.70. The summed E-state index contributed by atoms with van der Waals surface area (Å²) in [4.78, 5) is 11.9. The Morgan fingerprint density at radius 3 is 2.18 bits per heavy atom. The molecule has 2 aromatic rings. The number of hydrogen-bond acceptors (Lipinski definition) is 3. The highest BCUT2D eigenvalue weighted by Crippen LogP contribution is 2.20. The summed E-state index contributed by atoms with van der Waals surface area (Å²) >= 11 is 0. The molecule has 0 saturated heterocycles. The first kappa shape index (κ1) is 14.4. The Hall–Kier alpha value is -2.53. The van der Waals surface area contributed by atoms with Crippen molar-refractivity contribution in [2.45, 2.75) is 11.8 Å². The molecule has 0 aliphatic heterocycles. The standard InChI is InChI=1S/C17H13NO3S/c1-12-6-8-13(9-7-12)22(20,21)18-16-10-11-17(19)15-5-3-2-4-14(15)16/h2-11H,1H3. The SMILES string of the molecule is Cc1ccc(S(=O)(=O)N=C2C=CC(=O)c3ccccc32)cc1. The van der Waals surface area contributed by atoms with E-state index in [9.17, 15) is 13.2 Å². The van der Waals surface area contributed by atoms with Gasteiger partial charge in [-0.05, 0) is 31.2 Å². The number of aryl methyl sites for hydroxylation is 1. The van der Waals surface area contributed by atoms with E-state index in [1.807, 2.05) is 6.92 Å². The Balaban J connectivity index is 2.10. The van der Waals surface area contributed by atoms with Gasteiger partial charge in [-0.3, -0.25) is 4.79 Å². The molecule has 2 aromatic carbocycles. The first-order chi connectivity index (χ1) is 10.5. The molecule has 4 nitrogen and oxygen atoms in total. The zero-order chi connectivity index (χ0) is 15.7. The average Bonchev–Trinajstić information content (AvgIpc) is 2.51. The van der Waals surface area contributed by atoms with Crippen LogP contribution in [0.15, 0.2) is 70.0 Å². The highest BCUT2D eigenvalue weighted by molar-refractivity contribution is 7.90. The monoisotopic (exact) mass is 311 g/mol. The minimum atomic E-state index is -3.81. The number of ketones is 1. The molecule has 0 aromatic heterocycles. The van der Waals surface area contributed by atoms with Gasteiger partial charge in [0.15, 0.2) is 5.78 Å². The summed E-state index contributed by atoms with van der Waals surface area (Å²) in [6, 6.07) is 13.3. The number of carbonyl (C=O) groups is 1. The molecule has 0 N–H and O–H groups in total. The summed E-state index contributed by atoms with van der Waals surface area (Å²) in [5, 5.41) is 0. The van der Waals surface area contributed by atoms with Gasteiger partial charge in [-0.25, -0.2) is 0 Å². The van der Waals surface area contributed by atoms with Crippen molar-refractivity contribution >= 4 is 21.5 Å².